The maximum absolute atomic E-state index is 14.4. The average Bonchev–Trinajstić information content (AvgIpc) is 3.59. The number of hydrogen-bond acceptors (Lipinski definition) is 7. The summed E-state index contributed by atoms with van der Waals surface area (Å²) in [6, 6.07) is 3.44. The third kappa shape index (κ3) is 3.99. The van der Waals surface area contributed by atoms with Gasteiger partial charge in [-0.15, -0.1) is 0 Å². The molecule has 3 fully saturated rings. The number of nitrogens with one attached hydrogen (secondary N) is 2. The van der Waals surface area contributed by atoms with E-state index in [0.29, 0.717) is 49.9 Å². The normalized spacial score (nSPS) is 26.2. The summed E-state index contributed by atoms with van der Waals surface area (Å²) in [5.74, 6) is 0.693. The number of alkyl halides is 3. The number of hydrogen-bond donors (Lipinski definition) is 2. The Morgan fingerprint density at radius 1 is 1.22 bits per heavy atom. The van der Waals surface area contributed by atoms with Gasteiger partial charge in [0.05, 0.1) is 42.6 Å². The Bertz CT molecular complexity index is 1290. The summed E-state index contributed by atoms with van der Waals surface area (Å²) < 4.78 is 50.1. The molecule has 3 aromatic heterocycles. The Morgan fingerprint density at radius 2 is 1.97 bits per heavy atom. The van der Waals surface area contributed by atoms with E-state index in [4.69, 9.17) is 9.72 Å². The molecular weight excluding hydrogens is 489 g/mol. The topological polar surface area (TPSA) is 104 Å². The number of fused-ring (bicyclic) bond motifs is 3. The lowest BCUT2D eigenvalue weighted by molar-refractivity contribution is -0.140. The van der Waals surface area contributed by atoms with Crippen LogP contribution in [0.2, 0.25) is 0 Å². The van der Waals surface area contributed by atoms with E-state index >= 15 is 0 Å². The predicted octanol–water partition coefficient (Wildman–Crippen LogP) is 2.88. The summed E-state index contributed by atoms with van der Waals surface area (Å²) in [6.07, 6.45) is -0.250. The lowest BCUT2D eigenvalue weighted by Gasteiger charge is -2.40. The molecular formula is C24H29F3N8O2. The van der Waals surface area contributed by atoms with Crippen molar-refractivity contribution < 1.29 is 22.7 Å². The number of amides is 1. The van der Waals surface area contributed by atoms with Crippen LogP contribution in [0.4, 0.5) is 24.7 Å². The summed E-state index contributed by atoms with van der Waals surface area (Å²) in [4.78, 5) is 21.3. The fraction of sp³-hybridized carbons (Fsp3) is 0.583. The van der Waals surface area contributed by atoms with Gasteiger partial charge in [-0.3, -0.25) is 9.89 Å². The lowest BCUT2D eigenvalue weighted by atomic mass is 9.90. The number of rotatable bonds is 4. The van der Waals surface area contributed by atoms with Crippen LogP contribution in [0.1, 0.15) is 38.3 Å². The molecule has 0 aliphatic carbocycles. The zero-order chi connectivity index (χ0) is 25.9. The zero-order valence-corrected chi connectivity index (χ0v) is 20.6. The molecule has 0 aromatic carbocycles. The molecule has 1 amide bonds. The standard InChI is InChI=1S/C24H29F3N8O2/c1-13-9-14(23(36)28-2)6-8-33(13)17-10-19(34-15-3-4-16(34)12-37-11-15)30-22-20(17)21(24(25,26)27)32-35(22)18-5-7-29-31-18/h5,7,10,13-16H,3-4,6,8-9,11-12H2,1-2H3,(H,28,36)(H,29,31)/t13-,14+,15?,16?/m1/s1. The molecule has 6 heterocycles. The van der Waals surface area contributed by atoms with Crippen LogP contribution in [-0.2, 0) is 15.7 Å². The number of nitrogens with zero attached hydrogens (tertiary/aromatic N) is 6. The molecule has 3 aliphatic heterocycles. The Balaban J connectivity index is 1.55. The van der Waals surface area contributed by atoms with Gasteiger partial charge in [-0.05, 0) is 32.6 Å². The molecule has 0 saturated carbocycles. The predicted molar refractivity (Wildman–Crippen MR) is 130 cm³/mol. The maximum atomic E-state index is 14.4. The summed E-state index contributed by atoms with van der Waals surface area (Å²) in [6.45, 7) is 3.52. The molecule has 2 bridgehead atoms. The fourth-order valence-electron chi connectivity index (χ4n) is 6.15. The van der Waals surface area contributed by atoms with Gasteiger partial charge < -0.3 is 19.9 Å². The van der Waals surface area contributed by atoms with Crippen LogP contribution in [0.5, 0.6) is 0 Å². The Hall–Kier alpha value is -3.35. The lowest BCUT2D eigenvalue weighted by Crippen LogP contribution is -2.47. The first kappa shape index (κ1) is 24.0. The highest BCUT2D eigenvalue weighted by molar-refractivity contribution is 5.95. The van der Waals surface area contributed by atoms with Crippen LogP contribution in [0.3, 0.4) is 0 Å². The number of morpholine rings is 1. The van der Waals surface area contributed by atoms with Crippen molar-refractivity contribution in [1.82, 2.24) is 30.3 Å². The number of ether oxygens (including phenoxy) is 1. The first-order valence-electron chi connectivity index (χ1n) is 12.6. The van der Waals surface area contributed by atoms with Gasteiger partial charge in [0.15, 0.2) is 17.2 Å². The highest BCUT2D eigenvalue weighted by atomic mass is 19.4. The van der Waals surface area contributed by atoms with E-state index < -0.39 is 11.9 Å². The number of carbonyl (C=O) groups is 1. The minimum Gasteiger partial charge on any atom is -0.377 e. The first-order chi connectivity index (χ1) is 17.8. The van der Waals surface area contributed by atoms with E-state index in [-0.39, 0.29) is 41.0 Å². The van der Waals surface area contributed by atoms with Gasteiger partial charge in [0, 0.05) is 37.7 Å². The second-order valence-electron chi connectivity index (χ2n) is 10.1. The molecule has 2 N–H and O–H groups in total. The van der Waals surface area contributed by atoms with E-state index in [1.165, 1.54) is 10.9 Å². The smallest absolute Gasteiger partial charge is 0.377 e. The van der Waals surface area contributed by atoms with E-state index in [1.54, 1.807) is 19.2 Å². The highest BCUT2D eigenvalue weighted by Gasteiger charge is 2.43. The molecule has 13 heteroatoms. The van der Waals surface area contributed by atoms with Crippen molar-refractivity contribution in [1.29, 1.82) is 0 Å². The number of halogens is 3. The minimum atomic E-state index is -4.69. The van der Waals surface area contributed by atoms with E-state index in [9.17, 15) is 18.0 Å². The molecule has 6 rings (SSSR count). The Kier molecular flexibility index (Phi) is 5.77. The van der Waals surface area contributed by atoms with Crippen LogP contribution in [0.15, 0.2) is 18.3 Å². The van der Waals surface area contributed by atoms with Gasteiger partial charge in [0.25, 0.3) is 0 Å². The van der Waals surface area contributed by atoms with Gasteiger partial charge in [-0.25, -0.2) is 4.98 Å². The van der Waals surface area contributed by atoms with Crippen LogP contribution >= 0.6 is 0 Å². The number of piperidine rings is 1. The highest BCUT2D eigenvalue weighted by Crippen LogP contribution is 2.44. The molecule has 3 aliphatic rings. The van der Waals surface area contributed by atoms with Crippen LogP contribution in [0.25, 0.3) is 16.9 Å². The van der Waals surface area contributed by atoms with Crippen molar-refractivity contribution in [2.45, 2.75) is 56.9 Å². The second kappa shape index (κ2) is 8.89. The summed E-state index contributed by atoms with van der Waals surface area (Å²) in [5.41, 5.74) is -0.431. The van der Waals surface area contributed by atoms with E-state index in [2.05, 4.69) is 25.5 Å². The minimum absolute atomic E-state index is 0.0417. The molecule has 37 heavy (non-hydrogen) atoms. The SMILES string of the molecule is CNC(=O)[C@H]1CCN(c2cc(N3C4CCC3COC4)nc3c2c(C(F)(F)F)nn3-c2ccn[nH]2)[C@H](C)C1. The van der Waals surface area contributed by atoms with E-state index in [0.717, 1.165) is 12.8 Å². The fourth-order valence-corrected chi connectivity index (χ4v) is 6.15. The third-order valence-corrected chi connectivity index (χ3v) is 7.89. The number of aromatic amines is 1. The summed E-state index contributed by atoms with van der Waals surface area (Å²) >= 11 is 0. The maximum Gasteiger partial charge on any atom is 0.435 e. The van der Waals surface area contributed by atoms with Gasteiger partial charge in [-0.1, -0.05) is 0 Å². The molecule has 3 aromatic rings. The number of carbonyl (C=O) groups excluding carboxylic acids is 1. The number of H-pyrrole nitrogens is 1. The molecule has 198 valence electrons. The van der Waals surface area contributed by atoms with Crippen molar-refractivity contribution in [3.63, 3.8) is 0 Å². The second-order valence-corrected chi connectivity index (χ2v) is 10.1. The molecule has 3 saturated heterocycles. The van der Waals surface area contributed by atoms with Crippen molar-refractivity contribution >= 4 is 28.4 Å². The van der Waals surface area contributed by atoms with Crippen molar-refractivity contribution in [3.05, 3.63) is 24.0 Å². The third-order valence-electron chi connectivity index (χ3n) is 7.89. The molecule has 0 radical (unpaired) electrons. The number of aromatic nitrogens is 5. The molecule has 2 unspecified atom stereocenters. The monoisotopic (exact) mass is 518 g/mol. The summed E-state index contributed by atoms with van der Waals surface area (Å²) in [5, 5.41) is 13.3. The number of pyridine rings is 1. The quantitative estimate of drug-likeness (QED) is 0.547. The molecule has 0 spiro atoms. The Morgan fingerprint density at radius 3 is 2.59 bits per heavy atom. The number of anilines is 2. The van der Waals surface area contributed by atoms with Crippen molar-refractivity contribution in [3.8, 4) is 5.82 Å². The first-order valence-corrected chi connectivity index (χ1v) is 12.6. The van der Waals surface area contributed by atoms with Crippen LogP contribution in [0, 0.1) is 5.92 Å². The van der Waals surface area contributed by atoms with Crippen molar-refractivity contribution in [2.75, 3.05) is 36.6 Å². The van der Waals surface area contributed by atoms with Crippen LogP contribution < -0.4 is 15.1 Å². The van der Waals surface area contributed by atoms with Crippen LogP contribution in [-0.4, -0.2) is 75.8 Å². The van der Waals surface area contributed by atoms with E-state index in [1.807, 2.05) is 11.8 Å². The zero-order valence-electron chi connectivity index (χ0n) is 20.6. The average molecular weight is 519 g/mol. The van der Waals surface area contributed by atoms with Gasteiger partial charge >= 0.3 is 6.18 Å². The van der Waals surface area contributed by atoms with Gasteiger partial charge in [0.2, 0.25) is 5.91 Å². The van der Waals surface area contributed by atoms with Crippen molar-refractivity contribution in [2.24, 2.45) is 5.92 Å². The Labute approximate surface area is 211 Å². The molecule has 4 atom stereocenters. The van der Waals surface area contributed by atoms with Gasteiger partial charge in [-0.2, -0.15) is 28.1 Å². The molecule has 10 nitrogen and oxygen atoms in total. The summed E-state index contributed by atoms with van der Waals surface area (Å²) in [7, 11) is 1.61. The van der Waals surface area contributed by atoms with Gasteiger partial charge in [0.1, 0.15) is 5.82 Å². The largest absolute Gasteiger partial charge is 0.435 e.